The Morgan fingerprint density at radius 3 is 2.88 bits per heavy atom. The van der Waals surface area contributed by atoms with E-state index in [-0.39, 0.29) is 0 Å². The SMILES string of the molecule is CCNC(=NCc1ccnc(OC2CCCCC2)c1)NCC1CCCO1. The predicted molar refractivity (Wildman–Crippen MR) is 104 cm³/mol. The zero-order valence-electron chi connectivity index (χ0n) is 15.9. The zero-order valence-corrected chi connectivity index (χ0v) is 15.9. The molecule has 2 fully saturated rings. The lowest BCUT2D eigenvalue weighted by atomic mass is 9.98. The van der Waals surface area contributed by atoms with E-state index in [0.717, 1.165) is 62.8 Å². The molecule has 0 spiro atoms. The number of aliphatic imine (C=N–C) groups is 1. The van der Waals surface area contributed by atoms with E-state index in [2.05, 4.69) is 27.5 Å². The van der Waals surface area contributed by atoms with E-state index in [1.54, 1.807) is 0 Å². The van der Waals surface area contributed by atoms with E-state index >= 15 is 0 Å². The molecule has 144 valence electrons. The van der Waals surface area contributed by atoms with Gasteiger partial charge in [0.2, 0.25) is 5.88 Å². The summed E-state index contributed by atoms with van der Waals surface area (Å²) in [5, 5.41) is 6.67. The molecule has 2 aliphatic rings. The van der Waals surface area contributed by atoms with Gasteiger partial charge in [-0.2, -0.15) is 0 Å². The van der Waals surface area contributed by atoms with Crippen molar-refractivity contribution in [3.63, 3.8) is 0 Å². The van der Waals surface area contributed by atoms with Gasteiger partial charge in [0.1, 0.15) is 6.10 Å². The molecule has 6 heteroatoms. The van der Waals surface area contributed by atoms with Crippen molar-refractivity contribution in [2.24, 2.45) is 4.99 Å². The summed E-state index contributed by atoms with van der Waals surface area (Å²) >= 11 is 0. The van der Waals surface area contributed by atoms with Gasteiger partial charge in [-0.15, -0.1) is 0 Å². The van der Waals surface area contributed by atoms with Crippen LogP contribution in [0.3, 0.4) is 0 Å². The number of aromatic nitrogens is 1. The van der Waals surface area contributed by atoms with Crippen LogP contribution in [0.5, 0.6) is 5.88 Å². The third kappa shape index (κ3) is 6.16. The van der Waals surface area contributed by atoms with Gasteiger partial charge in [-0.25, -0.2) is 9.98 Å². The second kappa shape index (κ2) is 10.4. The molecule has 26 heavy (non-hydrogen) atoms. The summed E-state index contributed by atoms with van der Waals surface area (Å²) in [5.41, 5.74) is 1.11. The predicted octanol–water partition coefficient (Wildman–Crippen LogP) is 3.03. The van der Waals surface area contributed by atoms with Crippen LogP contribution in [0, 0.1) is 0 Å². The molecule has 2 N–H and O–H groups in total. The van der Waals surface area contributed by atoms with Crippen LogP contribution in [0.25, 0.3) is 0 Å². The van der Waals surface area contributed by atoms with Gasteiger partial charge >= 0.3 is 0 Å². The van der Waals surface area contributed by atoms with Gasteiger partial charge in [-0.3, -0.25) is 0 Å². The van der Waals surface area contributed by atoms with Crippen molar-refractivity contribution >= 4 is 5.96 Å². The number of hydrogen-bond donors (Lipinski definition) is 2. The van der Waals surface area contributed by atoms with Gasteiger partial charge in [-0.1, -0.05) is 6.42 Å². The van der Waals surface area contributed by atoms with Crippen molar-refractivity contribution in [3.05, 3.63) is 23.9 Å². The Labute approximate surface area is 156 Å². The smallest absolute Gasteiger partial charge is 0.213 e. The molecule has 6 nitrogen and oxygen atoms in total. The molecule has 0 radical (unpaired) electrons. The first-order valence-electron chi connectivity index (χ1n) is 10.1. The second-order valence-electron chi connectivity index (χ2n) is 7.09. The average molecular weight is 361 g/mol. The molecule has 1 atom stereocenters. The van der Waals surface area contributed by atoms with E-state index in [0.29, 0.717) is 18.8 Å². The van der Waals surface area contributed by atoms with Crippen LogP contribution in [0.4, 0.5) is 0 Å². The van der Waals surface area contributed by atoms with Crippen molar-refractivity contribution < 1.29 is 9.47 Å². The van der Waals surface area contributed by atoms with Gasteiger partial charge in [0.25, 0.3) is 0 Å². The summed E-state index contributed by atoms with van der Waals surface area (Å²) in [6.07, 6.45) is 10.8. The Hall–Kier alpha value is -1.82. The molecule has 1 aromatic heterocycles. The molecular weight excluding hydrogens is 328 g/mol. The maximum Gasteiger partial charge on any atom is 0.213 e. The van der Waals surface area contributed by atoms with E-state index in [9.17, 15) is 0 Å². The Morgan fingerprint density at radius 2 is 2.12 bits per heavy atom. The molecular formula is C20H32N4O2. The first-order valence-corrected chi connectivity index (χ1v) is 10.1. The zero-order chi connectivity index (χ0) is 18.0. The average Bonchev–Trinajstić information content (AvgIpc) is 3.19. The fourth-order valence-corrected chi connectivity index (χ4v) is 3.49. The van der Waals surface area contributed by atoms with Crippen molar-refractivity contribution in [2.75, 3.05) is 19.7 Å². The first-order chi connectivity index (χ1) is 12.8. The molecule has 1 saturated carbocycles. The summed E-state index contributed by atoms with van der Waals surface area (Å²) in [6.45, 7) is 5.19. The Morgan fingerprint density at radius 1 is 1.23 bits per heavy atom. The van der Waals surface area contributed by atoms with E-state index in [1.807, 2.05) is 18.3 Å². The molecule has 1 unspecified atom stereocenters. The molecule has 1 aliphatic carbocycles. The van der Waals surface area contributed by atoms with Crippen molar-refractivity contribution in [1.82, 2.24) is 15.6 Å². The van der Waals surface area contributed by atoms with Gasteiger partial charge in [0, 0.05) is 32.0 Å². The monoisotopic (exact) mass is 360 g/mol. The molecule has 1 aliphatic heterocycles. The summed E-state index contributed by atoms with van der Waals surface area (Å²) in [6, 6.07) is 4.02. The van der Waals surface area contributed by atoms with E-state index in [1.165, 1.54) is 19.3 Å². The summed E-state index contributed by atoms with van der Waals surface area (Å²) in [7, 11) is 0. The third-order valence-corrected chi connectivity index (χ3v) is 4.92. The van der Waals surface area contributed by atoms with Crippen LogP contribution in [-0.4, -0.2) is 42.8 Å². The van der Waals surface area contributed by atoms with Gasteiger partial charge < -0.3 is 20.1 Å². The summed E-state index contributed by atoms with van der Waals surface area (Å²) in [4.78, 5) is 9.06. The molecule has 2 heterocycles. The highest BCUT2D eigenvalue weighted by atomic mass is 16.5. The van der Waals surface area contributed by atoms with Crippen molar-refractivity contribution in [1.29, 1.82) is 0 Å². The lowest BCUT2D eigenvalue weighted by Crippen LogP contribution is -2.41. The lowest BCUT2D eigenvalue weighted by molar-refractivity contribution is 0.114. The minimum absolute atomic E-state index is 0.301. The number of ether oxygens (including phenoxy) is 2. The molecule has 1 aromatic rings. The Kier molecular flexibility index (Phi) is 7.55. The van der Waals surface area contributed by atoms with E-state index in [4.69, 9.17) is 9.47 Å². The van der Waals surface area contributed by atoms with Crippen LogP contribution in [-0.2, 0) is 11.3 Å². The van der Waals surface area contributed by atoms with Gasteiger partial charge in [-0.05, 0) is 57.1 Å². The number of pyridine rings is 1. The highest BCUT2D eigenvalue weighted by Gasteiger charge is 2.16. The number of guanidine groups is 1. The molecule has 0 bridgehead atoms. The molecule has 0 aromatic carbocycles. The van der Waals surface area contributed by atoms with Gasteiger partial charge in [0.05, 0.1) is 12.6 Å². The minimum atomic E-state index is 0.301. The maximum absolute atomic E-state index is 6.06. The summed E-state index contributed by atoms with van der Waals surface area (Å²) in [5.74, 6) is 1.55. The molecule has 0 amide bonds. The maximum atomic E-state index is 6.06. The first kappa shape index (κ1) is 19.0. The van der Waals surface area contributed by atoms with Crippen LogP contribution in [0.2, 0.25) is 0 Å². The van der Waals surface area contributed by atoms with Crippen LogP contribution >= 0.6 is 0 Å². The molecule has 1 saturated heterocycles. The summed E-state index contributed by atoms with van der Waals surface area (Å²) < 4.78 is 11.7. The van der Waals surface area contributed by atoms with Crippen LogP contribution in [0.1, 0.15) is 57.4 Å². The van der Waals surface area contributed by atoms with Gasteiger partial charge in [0.15, 0.2) is 5.96 Å². The normalized spacial score (nSPS) is 21.6. The Balaban J connectivity index is 1.53. The fraction of sp³-hybridized carbons (Fsp3) is 0.700. The number of nitrogens with zero attached hydrogens (tertiary/aromatic N) is 2. The lowest BCUT2D eigenvalue weighted by Gasteiger charge is -2.22. The standard InChI is InChI=1S/C20H32N4O2/c1-2-21-20(24-15-18-9-6-12-25-18)23-14-16-10-11-22-19(13-16)26-17-7-4-3-5-8-17/h10-11,13,17-18H,2-9,12,14-15H2,1H3,(H2,21,23,24). The van der Waals surface area contributed by atoms with E-state index < -0.39 is 0 Å². The van der Waals surface area contributed by atoms with Crippen LogP contribution < -0.4 is 15.4 Å². The largest absolute Gasteiger partial charge is 0.474 e. The number of rotatable bonds is 7. The highest BCUT2D eigenvalue weighted by Crippen LogP contribution is 2.22. The quantitative estimate of drug-likeness (QED) is 0.578. The van der Waals surface area contributed by atoms with Crippen LogP contribution in [0.15, 0.2) is 23.3 Å². The highest BCUT2D eigenvalue weighted by molar-refractivity contribution is 5.79. The fourth-order valence-electron chi connectivity index (χ4n) is 3.49. The Bertz CT molecular complexity index is 567. The van der Waals surface area contributed by atoms with Crippen molar-refractivity contribution in [3.8, 4) is 5.88 Å². The van der Waals surface area contributed by atoms with Crippen molar-refractivity contribution in [2.45, 2.75) is 70.6 Å². The third-order valence-electron chi connectivity index (χ3n) is 4.92. The number of nitrogens with one attached hydrogen (secondary N) is 2. The minimum Gasteiger partial charge on any atom is -0.474 e. The second-order valence-corrected chi connectivity index (χ2v) is 7.09. The molecule has 3 rings (SSSR count). The topological polar surface area (TPSA) is 67.8 Å². The number of hydrogen-bond acceptors (Lipinski definition) is 4.